The van der Waals surface area contributed by atoms with Crippen LogP contribution in [-0.4, -0.2) is 22.5 Å². The number of nitrogens with zero attached hydrogens (tertiary/aromatic N) is 1. The number of nitrogens with one attached hydrogen (secondary N) is 2. The second-order valence-corrected chi connectivity index (χ2v) is 2.86. The number of rotatable bonds is 4. The first-order chi connectivity index (χ1) is 7.11. The van der Waals surface area contributed by atoms with Crippen molar-refractivity contribution in [3.8, 4) is 0 Å². The van der Waals surface area contributed by atoms with E-state index in [1.54, 1.807) is 12.1 Å². The van der Waals surface area contributed by atoms with Crippen LogP contribution in [0.25, 0.3) is 0 Å². The van der Waals surface area contributed by atoms with Gasteiger partial charge in [0.05, 0.1) is 11.4 Å². The van der Waals surface area contributed by atoms with Crippen molar-refractivity contribution in [2.24, 2.45) is 5.10 Å². The van der Waals surface area contributed by atoms with E-state index in [1.807, 2.05) is 18.2 Å². The van der Waals surface area contributed by atoms with Crippen molar-refractivity contribution in [1.29, 1.82) is 5.41 Å². The Balaban J connectivity index is 2.66. The minimum atomic E-state index is -1.29. The Morgan fingerprint density at radius 2 is 2.00 bits per heavy atom. The van der Waals surface area contributed by atoms with Crippen LogP contribution in [0, 0.1) is 5.41 Å². The third-order valence-electron chi connectivity index (χ3n) is 1.70. The Hall–Kier alpha value is -2.17. The highest BCUT2D eigenvalue weighted by molar-refractivity contribution is 6.63. The molecule has 0 bridgehead atoms. The molecule has 0 spiro atoms. The number of benzene rings is 1. The molecule has 0 heterocycles. The molecule has 1 aromatic rings. The Morgan fingerprint density at radius 3 is 2.53 bits per heavy atom. The zero-order valence-corrected chi connectivity index (χ0v) is 8.19. The smallest absolute Gasteiger partial charge is 0.355 e. The van der Waals surface area contributed by atoms with Gasteiger partial charge in [-0.1, -0.05) is 18.2 Å². The first kappa shape index (κ1) is 10.9. The van der Waals surface area contributed by atoms with Crippen LogP contribution in [0.15, 0.2) is 35.4 Å². The zero-order chi connectivity index (χ0) is 11.3. The maximum Gasteiger partial charge on any atom is 0.355 e. The Labute approximate surface area is 86.9 Å². The van der Waals surface area contributed by atoms with Crippen LogP contribution in [-0.2, 0) is 4.79 Å². The van der Waals surface area contributed by atoms with Crippen molar-refractivity contribution >= 4 is 23.1 Å². The minimum absolute atomic E-state index is 0.131. The summed E-state index contributed by atoms with van der Waals surface area (Å²) in [6, 6.07) is 9.11. The van der Waals surface area contributed by atoms with Gasteiger partial charge in [-0.3, -0.25) is 10.8 Å². The fourth-order valence-corrected chi connectivity index (χ4v) is 0.872. The molecule has 0 unspecified atom stereocenters. The molecule has 0 aliphatic carbocycles. The van der Waals surface area contributed by atoms with Gasteiger partial charge in [0.15, 0.2) is 5.71 Å². The van der Waals surface area contributed by atoms with Crippen LogP contribution in [0.4, 0.5) is 5.69 Å². The topological polar surface area (TPSA) is 85.5 Å². The molecule has 1 aromatic carbocycles. The predicted molar refractivity (Wildman–Crippen MR) is 58.5 cm³/mol. The van der Waals surface area contributed by atoms with E-state index in [-0.39, 0.29) is 5.71 Å². The number of hydrazone groups is 1. The van der Waals surface area contributed by atoms with E-state index in [1.165, 1.54) is 6.92 Å². The highest BCUT2D eigenvalue weighted by Crippen LogP contribution is 2.04. The molecule has 0 aliphatic rings. The molecule has 5 heteroatoms. The summed E-state index contributed by atoms with van der Waals surface area (Å²) in [5.74, 6) is -1.29. The summed E-state index contributed by atoms with van der Waals surface area (Å²) in [7, 11) is 0. The first-order valence-electron chi connectivity index (χ1n) is 4.29. The average Bonchev–Trinajstić information content (AvgIpc) is 2.26. The molecule has 0 atom stereocenters. The largest absolute Gasteiger partial charge is 0.476 e. The van der Waals surface area contributed by atoms with Crippen molar-refractivity contribution in [2.75, 3.05) is 5.43 Å². The van der Waals surface area contributed by atoms with Gasteiger partial charge in [-0.15, -0.1) is 0 Å². The zero-order valence-electron chi connectivity index (χ0n) is 8.19. The summed E-state index contributed by atoms with van der Waals surface area (Å²) in [5.41, 5.74) is 3.02. The lowest BCUT2D eigenvalue weighted by atomic mass is 10.3. The van der Waals surface area contributed by atoms with E-state index in [0.29, 0.717) is 0 Å². The number of carboxylic acid groups (broad SMARTS) is 1. The van der Waals surface area contributed by atoms with E-state index >= 15 is 0 Å². The minimum Gasteiger partial charge on any atom is -0.476 e. The molecular weight excluding hydrogens is 194 g/mol. The van der Waals surface area contributed by atoms with Gasteiger partial charge in [0.25, 0.3) is 0 Å². The second kappa shape index (κ2) is 4.90. The monoisotopic (exact) mass is 205 g/mol. The van der Waals surface area contributed by atoms with Gasteiger partial charge >= 0.3 is 5.97 Å². The highest BCUT2D eigenvalue weighted by atomic mass is 16.4. The van der Waals surface area contributed by atoms with Gasteiger partial charge in [-0.05, 0) is 19.1 Å². The summed E-state index contributed by atoms with van der Waals surface area (Å²) in [4.78, 5) is 10.4. The molecule has 0 fully saturated rings. The van der Waals surface area contributed by atoms with Gasteiger partial charge in [0, 0.05) is 0 Å². The van der Waals surface area contributed by atoms with Gasteiger partial charge in [-0.2, -0.15) is 5.10 Å². The van der Waals surface area contributed by atoms with Crippen LogP contribution >= 0.6 is 0 Å². The molecular formula is C10H11N3O2. The summed E-state index contributed by atoms with van der Waals surface area (Å²) >= 11 is 0. The highest BCUT2D eigenvalue weighted by Gasteiger charge is 2.09. The number of anilines is 1. The lowest BCUT2D eigenvalue weighted by Gasteiger charge is -2.01. The fraction of sp³-hybridized carbons (Fsp3) is 0.100. The molecule has 0 aromatic heterocycles. The quantitative estimate of drug-likeness (QED) is 0.515. The first-order valence-corrected chi connectivity index (χ1v) is 4.29. The summed E-state index contributed by atoms with van der Waals surface area (Å²) in [6.07, 6.45) is 0. The van der Waals surface area contributed by atoms with Crippen molar-refractivity contribution in [3.05, 3.63) is 30.3 Å². The number of carboxylic acids is 1. The van der Waals surface area contributed by atoms with Gasteiger partial charge in [0.1, 0.15) is 0 Å². The van der Waals surface area contributed by atoms with Crippen LogP contribution in [0.3, 0.4) is 0 Å². The summed E-state index contributed by atoms with van der Waals surface area (Å²) < 4.78 is 0. The van der Waals surface area contributed by atoms with Crippen molar-refractivity contribution < 1.29 is 9.90 Å². The van der Waals surface area contributed by atoms with Gasteiger partial charge in [0.2, 0.25) is 0 Å². The molecule has 15 heavy (non-hydrogen) atoms. The third kappa shape index (κ3) is 3.22. The predicted octanol–water partition coefficient (Wildman–Crippen LogP) is 1.58. The molecule has 1 rings (SSSR count). The van der Waals surface area contributed by atoms with Crippen LogP contribution in [0.5, 0.6) is 0 Å². The normalized spacial score (nSPS) is 10.9. The fourth-order valence-electron chi connectivity index (χ4n) is 0.872. The van der Waals surface area contributed by atoms with E-state index in [2.05, 4.69) is 10.5 Å². The Morgan fingerprint density at radius 1 is 1.40 bits per heavy atom. The van der Waals surface area contributed by atoms with E-state index in [0.717, 1.165) is 5.69 Å². The second-order valence-electron chi connectivity index (χ2n) is 2.86. The SMILES string of the molecule is C/C(=N/Nc1ccccc1)C(=N)C(=O)O. The maximum absolute atomic E-state index is 10.4. The average molecular weight is 205 g/mol. The lowest BCUT2D eigenvalue weighted by Crippen LogP contribution is -2.20. The number of para-hydroxylation sites is 1. The van der Waals surface area contributed by atoms with E-state index < -0.39 is 11.7 Å². The molecule has 0 radical (unpaired) electrons. The van der Waals surface area contributed by atoms with Crippen LogP contribution in [0.2, 0.25) is 0 Å². The Bertz CT molecular complexity index is 398. The molecule has 0 amide bonds. The maximum atomic E-state index is 10.4. The number of hydrogen-bond acceptors (Lipinski definition) is 4. The Kier molecular flexibility index (Phi) is 3.56. The van der Waals surface area contributed by atoms with E-state index in [9.17, 15) is 4.79 Å². The standard InChI is InChI=1S/C10H11N3O2/c1-7(9(11)10(14)15)12-13-8-5-3-2-4-6-8/h2-6,11,13H,1H3,(H,14,15)/b11-9?,12-7-. The molecule has 0 saturated carbocycles. The van der Waals surface area contributed by atoms with Gasteiger partial charge < -0.3 is 5.11 Å². The van der Waals surface area contributed by atoms with E-state index in [4.69, 9.17) is 10.5 Å². The lowest BCUT2D eigenvalue weighted by molar-refractivity contribution is -0.129. The van der Waals surface area contributed by atoms with Crippen molar-refractivity contribution in [3.63, 3.8) is 0 Å². The molecule has 78 valence electrons. The van der Waals surface area contributed by atoms with Gasteiger partial charge in [-0.25, -0.2) is 4.79 Å². The number of carbonyl (C=O) groups is 1. The van der Waals surface area contributed by atoms with Crippen molar-refractivity contribution in [1.82, 2.24) is 0 Å². The molecule has 0 aliphatic heterocycles. The third-order valence-corrected chi connectivity index (χ3v) is 1.70. The molecule has 0 saturated heterocycles. The van der Waals surface area contributed by atoms with Crippen LogP contribution in [0.1, 0.15) is 6.92 Å². The number of hydrogen-bond donors (Lipinski definition) is 3. The van der Waals surface area contributed by atoms with Crippen LogP contribution < -0.4 is 5.43 Å². The molecule has 3 N–H and O–H groups in total. The summed E-state index contributed by atoms with van der Waals surface area (Å²) in [6.45, 7) is 1.46. The number of aliphatic carboxylic acids is 1. The summed E-state index contributed by atoms with van der Waals surface area (Å²) in [5, 5.41) is 19.4. The van der Waals surface area contributed by atoms with Crippen molar-refractivity contribution in [2.45, 2.75) is 6.92 Å². The molecule has 5 nitrogen and oxygen atoms in total.